The largest absolute Gasteiger partial charge is 0.255 e. The molecule has 98 valence electrons. The van der Waals surface area contributed by atoms with Crippen LogP contribution in [0.15, 0.2) is 73.2 Å². The first-order chi connectivity index (χ1) is 9.82. The van der Waals surface area contributed by atoms with Crippen LogP contribution in [0.4, 0.5) is 0 Å². The highest BCUT2D eigenvalue weighted by Gasteiger charge is 2.28. The highest BCUT2D eigenvalue weighted by atomic mass is 32.4. The van der Waals surface area contributed by atoms with Gasteiger partial charge in [0.25, 0.3) is 0 Å². The predicted molar refractivity (Wildman–Crippen MR) is 85.9 cm³/mol. The van der Waals surface area contributed by atoms with Gasteiger partial charge in [0.2, 0.25) is 0 Å². The van der Waals surface area contributed by atoms with Gasteiger partial charge in [0.15, 0.2) is 0 Å². The monoisotopic (exact) mass is 297 g/mol. The molecule has 0 aromatic carbocycles. The predicted octanol–water partition coefficient (Wildman–Crippen LogP) is 1.63. The standard InChI is InChI=1S/C15H12N3PS/c20-19(13-7-1-4-10-16-13,14-8-2-5-11-17-14)15-9-3-6-12-18-15/h1-12H. The van der Waals surface area contributed by atoms with Gasteiger partial charge >= 0.3 is 0 Å². The summed E-state index contributed by atoms with van der Waals surface area (Å²) in [4.78, 5) is 13.4. The third kappa shape index (κ3) is 2.28. The highest BCUT2D eigenvalue weighted by Crippen LogP contribution is 2.39. The maximum Gasteiger partial charge on any atom is 0.0915 e. The van der Waals surface area contributed by atoms with Gasteiger partial charge in [-0.25, -0.2) is 0 Å². The molecule has 0 saturated heterocycles. The fourth-order valence-corrected chi connectivity index (χ4v) is 5.22. The lowest BCUT2D eigenvalue weighted by Crippen LogP contribution is -2.29. The Hall–Kier alpha value is -1.90. The van der Waals surface area contributed by atoms with Crippen molar-refractivity contribution in [1.29, 1.82) is 0 Å². The Bertz CT molecular complexity index is 629. The topological polar surface area (TPSA) is 38.7 Å². The van der Waals surface area contributed by atoms with E-state index in [1.165, 1.54) is 0 Å². The molecule has 0 spiro atoms. The van der Waals surface area contributed by atoms with E-state index in [-0.39, 0.29) is 0 Å². The highest BCUT2D eigenvalue weighted by molar-refractivity contribution is 8.25. The molecule has 0 saturated carbocycles. The number of nitrogens with zero attached hydrogens (tertiary/aromatic N) is 3. The van der Waals surface area contributed by atoms with Crippen molar-refractivity contribution in [2.24, 2.45) is 0 Å². The van der Waals surface area contributed by atoms with Gasteiger partial charge in [0.1, 0.15) is 0 Å². The molecular weight excluding hydrogens is 285 g/mol. The van der Waals surface area contributed by atoms with Gasteiger partial charge < -0.3 is 0 Å². The molecule has 5 heteroatoms. The van der Waals surface area contributed by atoms with E-state index in [0.29, 0.717) is 0 Å². The minimum atomic E-state index is -2.28. The van der Waals surface area contributed by atoms with Crippen LogP contribution >= 0.6 is 6.04 Å². The van der Waals surface area contributed by atoms with Crippen molar-refractivity contribution < 1.29 is 0 Å². The zero-order chi connectivity index (χ0) is 13.8. The van der Waals surface area contributed by atoms with Crippen LogP contribution in [-0.4, -0.2) is 15.0 Å². The SMILES string of the molecule is S=P(c1ccccn1)(c1ccccn1)c1ccccn1. The van der Waals surface area contributed by atoms with Crippen molar-refractivity contribution in [2.75, 3.05) is 0 Å². The lowest BCUT2D eigenvalue weighted by molar-refractivity contribution is 1.35. The number of hydrogen-bond donors (Lipinski definition) is 0. The first-order valence-corrected chi connectivity index (χ1v) is 8.97. The lowest BCUT2D eigenvalue weighted by Gasteiger charge is -2.20. The number of hydrogen-bond acceptors (Lipinski definition) is 4. The first kappa shape index (κ1) is 13.1. The third-order valence-corrected chi connectivity index (χ3v) is 7.33. The van der Waals surface area contributed by atoms with Gasteiger partial charge in [0.05, 0.1) is 22.3 Å². The van der Waals surface area contributed by atoms with Gasteiger partial charge in [0, 0.05) is 18.6 Å². The zero-order valence-corrected chi connectivity index (χ0v) is 12.3. The molecule has 3 heterocycles. The molecule has 0 aliphatic rings. The van der Waals surface area contributed by atoms with Crippen molar-refractivity contribution in [2.45, 2.75) is 0 Å². The average Bonchev–Trinajstić information content (AvgIpc) is 2.56. The average molecular weight is 297 g/mol. The quantitative estimate of drug-likeness (QED) is 0.689. The van der Waals surface area contributed by atoms with Crippen molar-refractivity contribution >= 4 is 34.1 Å². The Kier molecular flexibility index (Phi) is 3.68. The van der Waals surface area contributed by atoms with Gasteiger partial charge in [-0.1, -0.05) is 30.0 Å². The molecule has 0 N–H and O–H groups in total. The summed E-state index contributed by atoms with van der Waals surface area (Å²) in [6.07, 6.45) is 5.30. The van der Waals surface area contributed by atoms with Gasteiger partial charge in [-0.3, -0.25) is 15.0 Å². The third-order valence-electron chi connectivity index (χ3n) is 2.92. The summed E-state index contributed by atoms with van der Waals surface area (Å²) < 4.78 is 0. The van der Waals surface area contributed by atoms with Crippen LogP contribution in [0.25, 0.3) is 0 Å². The zero-order valence-electron chi connectivity index (χ0n) is 10.6. The molecule has 0 unspecified atom stereocenters. The van der Waals surface area contributed by atoms with E-state index in [2.05, 4.69) is 15.0 Å². The fourth-order valence-electron chi connectivity index (χ4n) is 1.97. The Morgan fingerprint density at radius 2 is 0.950 bits per heavy atom. The van der Waals surface area contributed by atoms with E-state index in [1.807, 2.05) is 54.6 Å². The van der Waals surface area contributed by atoms with E-state index < -0.39 is 6.04 Å². The Morgan fingerprint density at radius 1 is 0.600 bits per heavy atom. The molecular formula is C15H12N3PS. The van der Waals surface area contributed by atoms with E-state index in [1.54, 1.807) is 18.6 Å². The van der Waals surface area contributed by atoms with Gasteiger partial charge in [-0.05, 0) is 36.4 Å². The van der Waals surface area contributed by atoms with E-state index in [0.717, 1.165) is 16.3 Å². The van der Waals surface area contributed by atoms with Crippen molar-refractivity contribution in [3.8, 4) is 0 Å². The first-order valence-electron chi connectivity index (χ1n) is 6.16. The van der Waals surface area contributed by atoms with Crippen LogP contribution in [0, 0.1) is 0 Å². The summed E-state index contributed by atoms with van der Waals surface area (Å²) in [5.41, 5.74) is 2.60. The summed E-state index contributed by atoms with van der Waals surface area (Å²) >= 11 is 6.02. The molecule has 3 nitrogen and oxygen atoms in total. The second kappa shape index (κ2) is 5.61. The molecule has 0 fully saturated rings. The number of pyridine rings is 3. The number of rotatable bonds is 3. The summed E-state index contributed by atoms with van der Waals surface area (Å²) in [5, 5.41) is 0. The van der Waals surface area contributed by atoms with E-state index in [4.69, 9.17) is 11.8 Å². The van der Waals surface area contributed by atoms with Crippen LogP contribution in [0.2, 0.25) is 0 Å². The van der Waals surface area contributed by atoms with Crippen LogP contribution in [0.5, 0.6) is 0 Å². The molecule has 0 aliphatic heterocycles. The van der Waals surface area contributed by atoms with Crippen LogP contribution in [-0.2, 0) is 11.8 Å². The van der Waals surface area contributed by atoms with Crippen molar-refractivity contribution in [1.82, 2.24) is 15.0 Å². The lowest BCUT2D eigenvalue weighted by atomic mass is 10.5. The van der Waals surface area contributed by atoms with Gasteiger partial charge in [-0.2, -0.15) is 0 Å². The summed E-state index contributed by atoms with van der Waals surface area (Å²) in [6.45, 7) is 0. The maximum absolute atomic E-state index is 6.02. The second-order valence-electron chi connectivity index (χ2n) is 4.17. The molecule has 0 atom stereocenters. The normalized spacial score (nSPS) is 11.2. The minimum Gasteiger partial charge on any atom is -0.255 e. The molecule has 3 rings (SSSR count). The van der Waals surface area contributed by atoms with Crippen molar-refractivity contribution in [3.05, 3.63) is 73.2 Å². The molecule has 20 heavy (non-hydrogen) atoms. The van der Waals surface area contributed by atoms with Gasteiger partial charge in [-0.15, -0.1) is 0 Å². The molecule has 3 aromatic rings. The summed E-state index contributed by atoms with van der Waals surface area (Å²) in [7, 11) is 0. The van der Waals surface area contributed by atoms with Crippen LogP contribution < -0.4 is 16.3 Å². The minimum absolute atomic E-state index is 0.868. The summed E-state index contributed by atoms with van der Waals surface area (Å²) in [6, 6.07) is 15.1. The molecule has 0 aliphatic carbocycles. The molecule has 0 amide bonds. The summed E-state index contributed by atoms with van der Waals surface area (Å²) in [5.74, 6) is 0. The maximum atomic E-state index is 6.02. The van der Waals surface area contributed by atoms with Crippen LogP contribution in [0.3, 0.4) is 0 Å². The van der Waals surface area contributed by atoms with E-state index in [9.17, 15) is 0 Å². The Labute approximate surface area is 122 Å². The van der Waals surface area contributed by atoms with Crippen LogP contribution in [0.1, 0.15) is 0 Å². The Morgan fingerprint density at radius 3 is 1.20 bits per heavy atom. The Balaban J connectivity index is 2.27. The second-order valence-corrected chi connectivity index (χ2v) is 8.41. The molecule has 3 aromatic heterocycles. The van der Waals surface area contributed by atoms with Crippen molar-refractivity contribution in [3.63, 3.8) is 0 Å². The smallest absolute Gasteiger partial charge is 0.0915 e. The fraction of sp³-hybridized carbons (Fsp3) is 0. The molecule has 0 bridgehead atoms. The number of aromatic nitrogens is 3. The van der Waals surface area contributed by atoms with E-state index >= 15 is 0 Å². The molecule has 0 radical (unpaired) electrons.